The zero-order valence-corrected chi connectivity index (χ0v) is 6.31. The molecule has 55 valence electrons. The van der Waals surface area contributed by atoms with Gasteiger partial charge in [0.2, 0.25) is 0 Å². The quantitative estimate of drug-likeness (QED) is 0.551. The van der Waals surface area contributed by atoms with Gasteiger partial charge in [0.1, 0.15) is 0 Å². The summed E-state index contributed by atoms with van der Waals surface area (Å²) in [6.07, 6.45) is 4.15. The van der Waals surface area contributed by atoms with Gasteiger partial charge in [0.05, 0.1) is 10.7 Å². The monoisotopic (exact) mass is 166 g/mol. The SMILES string of the molecule is O=C1CSC2=CN=[C]NC2=N1. The Morgan fingerprint density at radius 2 is 2.64 bits per heavy atom. The Hall–Kier alpha value is -1.10. The fraction of sp³-hybridized carbons (Fsp3) is 0.167. The molecule has 2 rings (SSSR count). The largest absolute Gasteiger partial charge is 0.321 e. The van der Waals surface area contributed by atoms with E-state index in [0.717, 1.165) is 4.91 Å². The molecule has 0 saturated heterocycles. The van der Waals surface area contributed by atoms with Crippen molar-refractivity contribution >= 4 is 29.8 Å². The van der Waals surface area contributed by atoms with Gasteiger partial charge in [-0.3, -0.25) is 4.79 Å². The second kappa shape index (κ2) is 2.50. The lowest BCUT2D eigenvalue weighted by Gasteiger charge is -2.14. The molecule has 1 N–H and O–H groups in total. The molecule has 0 aromatic heterocycles. The van der Waals surface area contributed by atoms with Gasteiger partial charge in [-0.15, -0.1) is 11.8 Å². The Balaban J connectivity index is 2.37. The second-order valence-corrected chi connectivity index (χ2v) is 3.02. The maximum atomic E-state index is 10.8. The highest BCUT2D eigenvalue weighted by atomic mass is 32.2. The first kappa shape index (κ1) is 6.60. The average molecular weight is 166 g/mol. The fourth-order valence-corrected chi connectivity index (χ4v) is 1.49. The molecule has 1 amide bonds. The van der Waals surface area contributed by atoms with Crippen molar-refractivity contribution in [1.29, 1.82) is 0 Å². The molecule has 2 heterocycles. The van der Waals surface area contributed by atoms with Crippen LogP contribution in [-0.4, -0.2) is 23.8 Å². The van der Waals surface area contributed by atoms with Gasteiger partial charge in [-0.25, -0.2) is 4.99 Å². The van der Waals surface area contributed by atoms with Crippen LogP contribution >= 0.6 is 11.8 Å². The molecule has 1 radical (unpaired) electrons. The number of amidine groups is 1. The number of hydrogen-bond acceptors (Lipinski definition) is 4. The van der Waals surface area contributed by atoms with Gasteiger partial charge in [-0.1, -0.05) is 0 Å². The van der Waals surface area contributed by atoms with Crippen molar-refractivity contribution in [3.05, 3.63) is 11.1 Å². The maximum absolute atomic E-state index is 10.8. The van der Waals surface area contributed by atoms with Crippen molar-refractivity contribution in [3.8, 4) is 0 Å². The minimum Gasteiger partial charge on any atom is -0.321 e. The van der Waals surface area contributed by atoms with Crippen LogP contribution in [0.1, 0.15) is 0 Å². The molecular formula is C6H4N3OS. The van der Waals surface area contributed by atoms with E-state index in [-0.39, 0.29) is 5.91 Å². The Morgan fingerprint density at radius 3 is 3.55 bits per heavy atom. The number of aliphatic imine (C=N–C) groups is 2. The molecule has 0 spiro atoms. The maximum Gasteiger partial charge on any atom is 0.258 e. The van der Waals surface area contributed by atoms with Gasteiger partial charge < -0.3 is 5.32 Å². The number of hydrogen-bond donors (Lipinski definition) is 1. The first-order valence-corrected chi connectivity index (χ1v) is 4.00. The highest BCUT2D eigenvalue weighted by molar-refractivity contribution is 8.04. The minimum atomic E-state index is -0.113. The third-order valence-corrected chi connectivity index (χ3v) is 2.24. The standard InChI is InChI=1S/C6H4N3OS/c10-5-2-11-4-1-7-3-8-6(4)9-5/h1H,2H2,(H,7,8,9,10). The molecule has 4 nitrogen and oxygen atoms in total. The molecule has 0 aliphatic carbocycles. The topological polar surface area (TPSA) is 53.8 Å². The molecule has 2 aliphatic heterocycles. The summed E-state index contributed by atoms with van der Waals surface area (Å²) in [5.74, 6) is 0.867. The minimum absolute atomic E-state index is 0.113. The second-order valence-electron chi connectivity index (χ2n) is 2.00. The normalized spacial score (nSPS) is 21.6. The Morgan fingerprint density at radius 1 is 1.73 bits per heavy atom. The van der Waals surface area contributed by atoms with Crippen LogP contribution in [0.15, 0.2) is 21.1 Å². The van der Waals surface area contributed by atoms with Crippen LogP contribution in [0.25, 0.3) is 0 Å². The van der Waals surface area contributed by atoms with E-state index in [4.69, 9.17) is 0 Å². The van der Waals surface area contributed by atoms with Crippen molar-refractivity contribution in [2.45, 2.75) is 0 Å². The lowest BCUT2D eigenvalue weighted by atomic mass is 10.5. The number of thioether (sulfide) groups is 1. The van der Waals surface area contributed by atoms with Gasteiger partial charge in [-0.2, -0.15) is 4.99 Å². The molecule has 0 atom stereocenters. The molecule has 0 aromatic carbocycles. The van der Waals surface area contributed by atoms with E-state index in [0.29, 0.717) is 11.6 Å². The van der Waals surface area contributed by atoms with Crippen LogP contribution in [-0.2, 0) is 4.79 Å². The first-order valence-electron chi connectivity index (χ1n) is 3.02. The van der Waals surface area contributed by atoms with E-state index < -0.39 is 0 Å². The molecule has 5 heteroatoms. The number of amides is 1. The van der Waals surface area contributed by atoms with Crippen LogP contribution in [0.2, 0.25) is 0 Å². The number of rotatable bonds is 0. The molecule has 0 bridgehead atoms. The van der Waals surface area contributed by atoms with E-state index in [1.54, 1.807) is 6.20 Å². The molecule has 0 saturated carbocycles. The summed E-state index contributed by atoms with van der Waals surface area (Å²) >= 11 is 1.44. The number of nitrogens with one attached hydrogen (secondary N) is 1. The number of nitrogens with zero attached hydrogens (tertiary/aromatic N) is 2. The van der Waals surface area contributed by atoms with Crippen molar-refractivity contribution < 1.29 is 4.79 Å². The molecule has 0 unspecified atom stereocenters. The van der Waals surface area contributed by atoms with Crippen molar-refractivity contribution in [2.24, 2.45) is 9.98 Å². The summed E-state index contributed by atoms with van der Waals surface area (Å²) in [5, 5.41) is 2.67. The number of fused-ring (bicyclic) bond motifs is 1. The smallest absolute Gasteiger partial charge is 0.258 e. The molecule has 11 heavy (non-hydrogen) atoms. The van der Waals surface area contributed by atoms with E-state index in [1.165, 1.54) is 11.8 Å². The highest BCUT2D eigenvalue weighted by Crippen LogP contribution is 2.21. The molecular weight excluding hydrogens is 162 g/mol. The zero-order valence-electron chi connectivity index (χ0n) is 5.50. The van der Waals surface area contributed by atoms with Crippen molar-refractivity contribution in [2.75, 3.05) is 5.75 Å². The fourth-order valence-electron chi connectivity index (χ4n) is 0.784. The van der Waals surface area contributed by atoms with Crippen LogP contribution < -0.4 is 5.32 Å². The van der Waals surface area contributed by atoms with Gasteiger partial charge >= 0.3 is 0 Å². The predicted molar refractivity (Wildman–Crippen MR) is 43.6 cm³/mol. The van der Waals surface area contributed by atoms with Crippen molar-refractivity contribution in [1.82, 2.24) is 5.32 Å². The predicted octanol–water partition coefficient (Wildman–Crippen LogP) is 0.00820. The Bertz CT molecular complexity index is 292. The first-order chi connectivity index (χ1) is 5.36. The summed E-state index contributed by atoms with van der Waals surface area (Å²) in [6.45, 7) is 0. The van der Waals surface area contributed by atoms with Crippen molar-refractivity contribution in [3.63, 3.8) is 0 Å². The highest BCUT2D eigenvalue weighted by Gasteiger charge is 2.18. The van der Waals surface area contributed by atoms with Gasteiger partial charge in [0, 0.05) is 6.20 Å². The molecule has 0 aromatic rings. The van der Waals surface area contributed by atoms with E-state index >= 15 is 0 Å². The van der Waals surface area contributed by atoms with Gasteiger partial charge in [0.15, 0.2) is 12.2 Å². The zero-order chi connectivity index (χ0) is 7.68. The lowest BCUT2D eigenvalue weighted by molar-refractivity contribution is -0.115. The van der Waals surface area contributed by atoms with Gasteiger partial charge in [0.25, 0.3) is 5.91 Å². The van der Waals surface area contributed by atoms with E-state index in [2.05, 4.69) is 21.6 Å². The molecule has 2 aliphatic rings. The van der Waals surface area contributed by atoms with E-state index in [9.17, 15) is 4.79 Å². The van der Waals surface area contributed by atoms with Gasteiger partial charge in [-0.05, 0) is 0 Å². The van der Waals surface area contributed by atoms with Crippen LogP contribution in [0.5, 0.6) is 0 Å². The van der Waals surface area contributed by atoms with Crippen LogP contribution in [0.3, 0.4) is 0 Å². The van der Waals surface area contributed by atoms with Crippen LogP contribution in [0.4, 0.5) is 0 Å². The summed E-state index contributed by atoms with van der Waals surface area (Å²) in [4.78, 5) is 19.2. The third kappa shape index (κ3) is 1.19. The third-order valence-electron chi connectivity index (χ3n) is 1.24. The summed E-state index contributed by atoms with van der Waals surface area (Å²) in [6, 6.07) is 0. The van der Waals surface area contributed by atoms with E-state index in [1.807, 2.05) is 0 Å². The summed E-state index contributed by atoms with van der Waals surface area (Å²) in [7, 11) is 0. The number of carbonyl (C=O) groups excluding carboxylic acids is 1. The Labute approximate surface area is 67.5 Å². The summed E-state index contributed by atoms with van der Waals surface area (Å²) < 4.78 is 0. The number of carbonyl (C=O) groups is 1. The lowest BCUT2D eigenvalue weighted by Crippen LogP contribution is -2.29. The van der Waals surface area contributed by atoms with Crippen LogP contribution in [0, 0.1) is 0 Å². The average Bonchev–Trinajstić information content (AvgIpc) is 2.04. The summed E-state index contributed by atoms with van der Waals surface area (Å²) in [5.41, 5.74) is 0. The Kier molecular flexibility index (Phi) is 1.50. The molecule has 0 fully saturated rings.